The van der Waals surface area contributed by atoms with Gasteiger partial charge >= 0.3 is 5.97 Å². The zero-order chi connectivity index (χ0) is 17.9. The summed E-state index contributed by atoms with van der Waals surface area (Å²) in [5, 5.41) is 10.0. The van der Waals surface area contributed by atoms with Gasteiger partial charge in [-0.05, 0) is 29.8 Å². The van der Waals surface area contributed by atoms with E-state index in [4.69, 9.17) is 16.7 Å². The predicted octanol–water partition coefficient (Wildman–Crippen LogP) is 3.73. The molecular weight excluding hydrogens is 364 g/mol. The minimum absolute atomic E-state index is 0.296. The van der Waals surface area contributed by atoms with Crippen LogP contribution in [0.1, 0.15) is 15.9 Å². The lowest BCUT2D eigenvalue weighted by molar-refractivity contribution is 0.0692. The summed E-state index contributed by atoms with van der Waals surface area (Å²) in [6.45, 7) is 0. The fourth-order valence-corrected chi connectivity index (χ4v) is 2.71. The highest BCUT2D eigenvalue weighted by atomic mass is 35.5. The van der Waals surface area contributed by atoms with E-state index < -0.39 is 38.9 Å². The van der Waals surface area contributed by atoms with Crippen molar-refractivity contribution in [2.45, 2.75) is 0 Å². The van der Waals surface area contributed by atoms with Gasteiger partial charge in [-0.25, -0.2) is 22.0 Å². The fourth-order valence-electron chi connectivity index (χ4n) is 1.72. The van der Waals surface area contributed by atoms with Gasteiger partial charge in [-0.3, -0.25) is 4.72 Å². The van der Waals surface area contributed by atoms with Gasteiger partial charge < -0.3 is 5.11 Å². The number of aromatic carboxylic acids is 1. The summed E-state index contributed by atoms with van der Waals surface area (Å²) in [6.07, 6.45) is 1.23. The molecule has 2 N–H and O–H groups in total. The maximum absolute atomic E-state index is 13.6. The fraction of sp³-hybridized carbons (Fsp3) is 0. The Balaban J connectivity index is 2.27. The third kappa shape index (κ3) is 4.53. The van der Waals surface area contributed by atoms with Gasteiger partial charge in [-0.15, -0.1) is 0 Å². The smallest absolute Gasteiger partial charge is 0.338 e. The van der Waals surface area contributed by atoms with Gasteiger partial charge in [0, 0.05) is 11.1 Å². The van der Waals surface area contributed by atoms with E-state index in [0.717, 1.165) is 5.41 Å². The van der Waals surface area contributed by atoms with Gasteiger partial charge in [0.25, 0.3) is 10.0 Å². The molecule has 0 aliphatic heterocycles. The highest BCUT2D eigenvalue weighted by molar-refractivity contribution is 7.95. The molecule has 2 aromatic rings. The highest BCUT2D eigenvalue weighted by Gasteiger charge is 2.17. The highest BCUT2D eigenvalue weighted by Crippen LogP contribution is 2.21. The number of sulfonamides is 1. The van der Waals surface area contributed by atoms with Crippen LogP contribution in [0.2, 0.25) is 5.02 Å². The van der Waals surface area contributed by atoms with Crippen molar-refractivity contribution in [2.24, 2.45) is 0 Å². The average molecular weight is 374 g/mol. The Hall–Kier alpha value is -2.45. The van der Waals surface area contributed by atoms with Crippen LogP contribution >= 0.6 is 11.6 Å². The van der Waals surface area contributed by atoms with E-state index in [2.05, 4.69) is 0 Å². The Morgan fingerprint density at radius 2 is 1.75 bits per heavy atom. The van der Waals surface area contributed by atoms with Gasteiger partial charge in [0.1, 0.15) is 11.6 Å². The Kier molecular flexibility index (Phi) is 5.20. The Bertz CT molecular complexity index is 912. The molecular formula is C15H10ClF2NO4S. The van der Waals surface area contributed by atoms with Crippen molar-refractivity contribution in [3.63, 3.8) is 0 Å². The SMILES string of the molecule is O=C(O)c1cc(NS(=O)(=O)/C=C/c2ccc(Cl)cc2)c(F)cc1F. The van der Waals surface area contributed by atoms with Crippen molar-refractivity contribution in [1.29, 1.82) is 0 Å². The zero-order valence-corrected chi connectivity index (χ0v) is 13.4. The summed E-state index contributed by atoms with van der Waals surface area (Å²) in [6, 6.07) is 7.11. The number of benzene rings is 2. The number of carboxylic acids is 1. The van der Waals surface area contributed by atoms with Crippen LogP contribution in [0.4, 0.5) is 14.5 Å². The first-order valence-electron chi connectivity index (χ1n) is 6.37. The van der Waals surface area contributed by atoms with Crippen LogP contribution in [0.3, 0.4) is 0 Å². The average Bonchev–Trinajstić information content (AvgIpc) is 2.49. The van der Waals surface area contributed by atoms with E-state index in [1.807, 2.05) is 4.72 Å². The van der Waals surface area contributed by atoms with E-state index in [1.54, 1.807) is 24.3 Å². The van der Waals surface area contributed by atoms with Gasteiger partial charge in [-0.2, -0.15) is 0 Å². The predicted molar refractivity (Wildman–Crippen MR) is 86.3 cm³/mol. The molecule has 5 nitrogen and oxygen atoms in total. The lowest BCUT2D eigenvalue weighted by Gasteiger charge is -2.07. The number of hydrogen-bond acceptors (Lipinski definition) is 3. The molecule has 2 aromatic carbocycles. The van der Waals surface area contributed by atoms with E-state index in [-0.39, 0.29) is 0 Å². The number of hydrogen-bond donors (Lipinski definition) is 2. The second-order valence-corrected chi connectivity index (χ2v) is 6.62. The second-order valence-electron chi connectivity index (χ2n) is 4.62. The van der Waals surface area contributed by atoms with Crippen molar-refractivity contribution in [1.82, 2.24) is 0 Å². The van der Waals surface area contributed by atoms with Gasteiger partial charge in [0.05, 0.1) is 16.7 Å². The second kappa shape index (κ2) is 6.98. The molecule has 0 saturated carbocycles. The number of anilines is 1. The van der Waals surface area contributed by atoms with Crippen LogP contribution in [0, 0.1) is 11.6 Å². The minimum atomic E-state index is -4.14. The normalized spacial score (nSPS) is 11.6. The van der Waals surface area contributed by atoms with Crippen molar-refractivity contribution in [3.8, 4) is 0 Å². The minimum Gasteiger partial charge on any atom is -0.478 e. The summed E-state index contributed by atoms with van der Waals surface area (Å²) in [4.78, 5) is 10.8. The molecule has 9 heteroatoms. The summed E-state index contributed by atoms with van der Waals surface area (Å²) in [5.74, 6) is -4.19. The molecule has 0 radical (unpaired) electrons. The van der Waals surface area contributed by atoms with Crippen LogP contribution in [-0.4, -0.2) is 19.5 Å². The number of nitrogens with one attached hydrogen (secondary N) is 1. The topological polar surface area (TPSA) is 83.5 Å². The van der Waals surface area contributed by atoms with Crippen molar-refractivity contribution in [2.75, 3.05) is 4.72 Å². The quantitative estimate of drug-likeness (QED) is 0.836. The summed E-state index contributed by atoms with van der Waals surface area (Å²) in [5.41, 5.74) is -0.999. The van der Waals surface area contributed by atoms with E-state index >= 15 is 0 Å². The molecule has 0 saturated heterocycles. The van der Waals surface area contributed by atoms with Crippen molar-refractivity contribution in [3.05, 3.63) is 69.6 Å². The molecule has 0 amide bonds. The first-order valence-corrected chi connectivity index (χ1v) is 8.29. The first kappa shape index (κ1) is 17.9. The molecule has 0 bridgehead atoms. The van der Waals surface area contributed by atoms with Crippen LogP contribution in [-0.2, 0) is 10.0 Å². The maximum atomic E-state index is 13.6. The van der Waals surface area contributed by atoms with Crippen LogP contribution in [0.15, 0.2) is 41.8 Å². The Morgan fingerprint density at radius 1 is 1.12 bits per heavy atom. The molecule has 0 atom stereocenters. The number of carbonyl (C=O) groups is 1. The first-order chi connectivity index (χ1) is 11.2. The lowest BCUT2D eigenvalue weighted by Crippen LogP contribution is -2.12. The Labute approximate surface area is 141 Å². The third-order valence-corrected chi connectivity index (χ3v) is 4.10. The third-order valence-electron chi connectivity index (χ3n) is 2.85. The van der Waals surface area contributed by atoms with Crippen molar-refractivity contribution >= 4 is 39.4 Å². The summed E-state index contributed by atoms with van der Waals surface area (Å²) in [7, 11) is -4.14. The molecule has 0 heterocycles. The molecule has 24 heavy (non-hydrogen) atoms. The van der Waals surface area contributed by atoms with E-state index in [9.17, 15) is 22.0 Å². The largest absolute Gasteiger partial charge is 0.478 e. The monoisotopic (exact) mass is 373 g/mol. The molecule has 0 aliphatic rings. The van der Waals surface area contributed by atoms with Crippen LogP contribution < -0.4 is 4.72 Å². The van der Waals surface area contributed by atoms with Crippen LogP contribution in [0.5, 0.6) is 0 Å². The van der Waals surface area contributed by atoms with E-state index in [0.29, 0.717) is 22.7 Å². The van der Waals surface area contributed by atoms with Crippen LogP contribution in [0.25, 0.3) is 6.08 Å². The maximum Gasteiger partial charge on any atom is 0.338 e. The molecule has 0 fully saturated rings. The summed E-state index contributed by atoms with van der Waals surface area (Å²) < 4.78 is 52.6. The molecule has 0 spiro atoms. The van der Waals surface area contributed by atoms with Gasteiger partial charge in [-0.1, -0.05) is 23.7 Å². The number of halogens is 3. The van der Waals surface area contributed by atoms with E-state index in [1.165, 1.54) is 6.08 Å². The molecule has 0 aliphatic carbocycles. The molecule has 0 aromatic heterocycles. The van der Waals surface area contributed by atoms with Crippen molar-refractivity contribution < 1.29 is 27.1 Å². The summed E-state index contributed by atoms with van der Waals surface area (Å²) >= 11 is 5.70. The number of carboxylic acid groups (broad SMARTS) is 1. The van der Waals surface area contributed by atoms with Gasteiger partial charge in [0.15, 0.2) is 0 Å². The molecule has 0 unspecified atom stereocenters. The standard InChI is InChI=1S/C15H10ClF2NO4S/c16-10-3-1-9(2-4-10)5-6-24(22,23)19-14-7-11(15(20)21)12(17)8-13(14)18/h1-8,19H,(H,20,21)/b6-5+. The number of rotatable bonds is 5. The molecule has 126 valence electrons. The zero-order valence-electron chi connectivity index (χ0n) is 11.8. The van der Waals surface area contributed by atoms with Gasteiger partial charge in [0.2, 0.25) is 0 Å². The Morgan fingerprint density at radius 3 is 2.33 bits per heavy atom. The lowest BCUT2D eigenvalue weighted by atomic mass is 10.2. The molecule has 2 rings (SSSR count).